The highest BCUT2D eigenvalue weighted by Gasteiger charge is 2.40. The summed E-state index contributed by atoms with van der Waals surface area (Å²) in [4.78, 5) is 1.98. The van der Waals surface area contributed by atoms with E-state index in [1.165, 1.54) is 6.07 Å². The summed E-state index contributed by atoms with van der Waals surface area (Å²) < 4.78 is 25.3. The standard InChI is InChI=1S/C14H15FN2O2/c15-12-7-11(8-16)1-2-13(12)17-4-6-19-14(9-17)3-5-18-10-14/h1-2,7H,3-6,9-10H2. The Morgan fingerprint density at radius 2 is 2.26 bits per heavy atom. The average molecular weight is 262 g/mol. The number of nitriles is 1. The molecule has 100 valence electrons. The molecule has 0 saturated carbocycles. The van der Waals surface area contributed by atoms with Gasteiger partial charge in [-0.25, -0.2) is 4.39 Å². The number of benzene rings is 1. The smallest absolute Gasteiger partial charge is 0.147 e. The fourth-order valence-electron chi connectivity index (χ4n) is 2.71. The van der Waals surface area contributed by atoms with Gasteiger partial charge in [-0.15, -0.1) is 0 Å². The number of ether oxygens (including phenoxy) is 2. The van der Waals surface area contributed by atoms with Crippen LogP contribution in [0.2, 0.25) is 0 Å². The highest BCUT2D eigenvalue weighted by Crippen LogP contribution is 2.31. The third-order valence-corrected chi connectivity index (χ3v) is 3.73. The van der Waals surface area contributed by atoms with E-state index in [0.717, 1.165) is 6.42 Å². The minimum Gasteiger partial charge on any atom is -0.378 e. The predicted molar refractivity (Wildman–Crippen MR) is 67.4 cm³/mol. The van der Waals surface area contributed by atoms with Crippen LogP contribution in [-0.2, 0) is 9.47 Å². The number of hydrogen-bond donors (Lipinski definition) is 0. The van der Waals surface area contributed by atoms with Gasteiger partial charge in [0.05, 0.1) is 30.5 Å². The summed E-state index contributed by atoms with van der Waals surface area (Å²) in [6.07, 6.45) is 0.849. The molecule has 1 spiro atoms. The molecule has 0 N–H and O–H groups in total. The van der Waals surface area contributed by atoms with Gasteiger partial charge in [0.1, 0.15) is 11.4 Å². The zero-order valence-corrected chi connectivity index (χ0v) is 10.6. The third kappa shape index (κ3) is 2.29. The van der Waals surface area contributed by atoms with Crippen LogP contribution in [-0.4, -0.2) is 38.5 Å². The van der Waals surface area contributed by atoms with Gasteiger partial charge in [-0.3, -0.25) is 0 Å². The topological polar surface area (TPSA) is 45.5 Å². The molecule has 1 aromatic carbocycles. The van der Waals surface area contributed by atoms with Crippen LogP contribution < -0.4 is 4.90 Å². The Kier molecular flexibility index (Phi) is 3.13. The first-order chi connectivity index (χ1) is 9.22. The fourth-order valence-corrected chi connectivity index (χ4v) is 2.71. The summed E-state index contributed by atoms with van der Waals surface area (Å²) in [5.41, 5.74) is 0.584. The predicted octanol–water partition coefficient (Wildman–Crippen LogP) is 1.69. The van der Waals surface area contributed by atoms with Gasteiger partial charge in [0, 0.05) is 26.1 Å². The van der Waals surface area contributed by atoms with Crippen molar-refractivity contribution in [2.24, 2.45) is 0 Å². The van der Waals surface area contributed by atoms with Crippen molar-refractivity contribution in [3.63, 3.8) is 0 Å². The van der Waals surface area contributed by atoms with Crippen molar-refractivity contribution < 1.29 is 13.9 Å². The van der Waals surface area contributed by atoms with E-state index in [2.05, 4.69) is 0 Å². The van der Waals surface area contributed by atoms with Gasteiger partial charge in [0.2, 0.25) is 0 Å². The van der Waals surface area contributed by atoms with Gasteiger partial charge >= 0.3 is 0 Å². The Bertz CT molecular complexity index is 521. The Hall–Kier alpha value is -1.64. The molecule has 2 aliphatic heterocycles. The Morgan fingerprint density at radius 1 is 1.37 bits per heavy atom. The van der Waals surface area contributed by atoms with Crippen molar-refractivity contribution in [3.05, 3.63) is 29.6 Å². The first kappa shape index (κ1) is 12.4. The Labute approximate surface area is 111 Å². The summed E-state index contributed by atoms with van der Waals surface area (Å²) in [7, 11) is 0. The average Bonchev–Trinajstić information content (AvgIpc) is 2.86. The van der Waals surface area contributed by atoms with Crippen molar-refractivity contribution in [1.29, 1.82) is 5.26 Å². The quantitative estimate of drug-likeness (QED) is 0.772. The second kappa shape index (κ2) is 4.80. The lowest BCUT2D eigenvalue weighted by molar-refractivity contribution is -0.0580. The van der Waals surface area contributed by atoms with E-state index in [9.17, 15) is 4.39 Å². The van der Waals surface area contributed by atoms with Crippen LogP contribution in [0.4, 0.5) is 10.1 Å². The number of rotatable bonds is 1. The van der Waals surface area contributed by atoms with Crippen molar-refractivity contribution in [2.45, 2.75) is 12.0 Å². The second-order valence-electron chi connectivity index (χ2n) is 5.03. The van der Waals surface area contributed by atoms with Crippen molar-refractivity contribution in [2.75, 3.05) is 37.8 Å². The first-order valence-electron chi connectivity index (χ1n) is 6.39. The van der Waals surface area contributed by atoms with Gasteiger partial charge in [-0.1, -0.05) is 0 Å². The summed E-state index contributed by atoms with van der Waals surface area (Å²) in [6.45, 7) is 3.13. The minimum atomic E-state index is -0.352. The number of halogens is 1. The van der Waals surface area contributed by atoms with Crippen LogP contribution in [0.25, 0.3) is 0 Å². The van der Waals surface area contributed by atoms with E-state index in [1.807, 2.05) is 11.0 Å². The molecule has 3 rings (SSSR count). The first-order valence-corrected chi connectivity index (χ1v) is 6.39. The lowest BCUT2D eigenvalue weighted by Crippen LogP contribution is -2.52. The summed E-state index contributed by atoms with van der Waals surface area (Å²) in [5, 5.41) is 8.76. The highest BCUT2D eigenvalue weighted by atomic mass is 19.1. The zero-order valence-electron chi connectivity index (χ0n) is 10.6. The number of morpholine rings is 1. The molecule has 0 bridgehead atoms. The molecule has 5 heteroatoms. The maximum Gasteiger partial charge on any atom is 0.147 e. The monoisotopic (exact) mass is 262 g/mol. The van der Waals surface area contributed by atoms with Gasteiger partial charge in [-0.2, -0.15) is 5.26 Å². The van der Waals surface area contributed by atoms with Crippen LogP contribution in [0.5, 0.6) is 0 Å². The lowest BCUT2D eigenvalue weighted by Gasteiger charge is -2.40. The molecule has 0 amide bonds. The van der Waals surface area contributed by atoms with Crippen molar-refractivity contribution in [1.82, 2.24) is 0 Å². The molecule has 0 aromatic heterocycles. The van der Waals surface area contributed by atoms with Gasteiger partial charge in [0.25, 0.3) is 0 Å². The molecule has 2 saturated heterocycles. The van der Waals surface area contributed by atoms with Crippen LogP contribution in [0.15, 0.2) is 18.2 Å². The molecular weight excluding hydrogens is 247 g/mol. The molecule has 1 atom stereocenters. The van der Waals surface area contributed by atoms with E-state index in [1.54, 1.807) is 12.1 Å². The maximum atomic E-state index is 14.0. The molecule has 1 unspecified atom stereocenters. The third-order valence-electron chi connectivity index (χ3n) is 3.73. The second-order valence-corrected chi connectivity index (χ2v) is 5.03. The maximum absolute atomic E-state index is 14.0. The molecule has 1 aromatic rings. The molecule has 0 aliphatic carbocycles. The van der Waals surface area contributed by atoms with Crippen LogP contribution >= 0.6 is 0 Å². The summed E-state index contributed by atoms with van der Waals surface area (Å²) in [6, 6.07) is 6.54. The number of anilines is 1. The largest absolute Gasteiger partial charge is 0.378 e. The number of hydrogen-bond acceptors (Lipinski definition) is 4. The van der Waals surface area contributed by atoms with Crippen LogP contribution in [0, 0.1) is 17.1 Å². The Balaban J connectivity index is 1.84. The highest BCUT2D eigenvalue weighted by molar-refractivity contribution is 5.51. The molecule has 4 nitrogen and oxygen atoms in total. The minimum absolute atomic E-state index is 0.293. The zero-order chi connectivity index (χ0) is 13.3. The van der Waals surface area contributed by atoms with Crippen LogP contribution in [0.1, 0.15) is 12.0 Å². The molecule has 2 heterocycles. The Morgan fingerprint density at radius 3 is 2.95 bits per heavy atom. The molecule has 2 aliphatic rings. The molecule has 2 fully saturated rings. The van der Waals surface area contributed by atoms with Crippen LogP contribution in [0.3, 0.4) is 0 Å². The molecular formula is C14H15FN2O2. The number of nitrogens with zero attached hydrogens (tertiary/aromatic N) is 2. The van der Waals surface area contributed by atoms with Gasteiger partial charge in [-0.05, 0) is 18.2 Å². The van der Waals surface area contributed by atoms with E-state index in [4.69, 9.17) is 14.7 Å². The van der Waals surface area contributed by atoms with Gasteiger partial charge in [0.15, 0.2) is 0 Å². The summed E-state index contributed by atoms with van der Waals surface area (Å²) >= 11 is 0. The van der Waals surface area contributed by atoms with E-state index in [0.29, 0.717) is 44.2 Å². The molecule has 19 heavy (non-hydrogen) atoms. The van der Waals surface area contributed by atoms with E-state index < -0.39 is 0 Å². The lowest BCUT2D eigenvalue weighted by atomic mass is 10.00. The SMILES string of the molecule is N#Cc1ccc(N2CCOC3(CCOC3)C2)c(F)c1. The fraction of sp³-hybridized carbons (Fsp3) is 0.500. The molecule has 0 radical (unpaired) electrons. The normalized spacial score (nSPS) is 26.6. The van der Waals surface area contributed by atoms with E-state index in [-0.39, 0.29) is 11.4 Å². The van der Waals surface area contributed by atoms with Crippen molar-refractivity contribution in [3.8, 4) is 6.07 Å². The summed E-state index contributed by atoms with van der Waals surface area (Å²) in [5.74, 6) is -0.352. The van der Waals surface area contributed by atoms with Crippen molar-refractivity contribution >= 4 is 5.69 Å². The van der Waals surface area contributed by atoms with E-state index >= 15 is 0 Å². The van der Waals surface area contributed by atoms with Gasteiger partial charge < -0.3 is 14.4 Å².